The molecule has 0 bridgehead atoms. The van der Waals surface area contributed by atoms with Crippen molar-refractivity contribution in [1.29, 1.82) is 0 Å². The number of hydrazine groups is 1. The fourth-order valence-corrected chi connectivity index (χ4v) is 5.11. The largest absolute Gasteiger partial charge is 0.293 e. The Hall–Kier alpha value is -0.310. The first-order chi connectivity index (χ1) is 8.29. The average Bonchev–Trinajstić information content (AvgIpc) is 2.27. The Balaban J connectivity index is 3.03. The van der Waals surface area contributed by atoms with E-state index in [1.807, 2.05) is 13.8 Å². The molecule has 1 aliphatic heterocycles. The Morgan fingerprint density at radius 1 is 1.50 bits per heavy atom. The van der Waals surface area contributed by atoms with Crippen LogP contribution in [0.2, 0.25) is 0 Å². The van der Waals surface area contributed by atoms with E-state index in [9.17, 15) is 13.2 Å². The highest BCUT2D eigenvalue weighted by atomic mass is 32.2. The predicted molar refractivity (Wildman–Crippen MR) is 73.6 cm³/mol. The van der Waals surface area contributed by atoms with Crippen molar-refractivity contribution in [3.05, 3.63) is 0 Å². The molecule has 0 radical (unpaired) electrons. The van der Waals surface area contributed by atoms with Crippen molar-refractivity contribution < 1.29 is 13.2 Å². The molecular formula is C10H21N3O3S2. The molecule has 106 valence electrons. The van der Waals surface area contributed by atoms with Gasteiger partial charge in [0, 0.05) is 24.3 Å². The summed E-state index contributed by atoms with van der Waals surface area (Å²) in [5.41, 5.74) is 2.13. The highest BCUT2D eigenvalue weighted by Gasteiger charge is 2.39. The van der Waals surface area contributed by atoms with Crippen LogP contribution in [-0.4, -0.2) is 54.9 Å². The number of hydrogen-bond donors (Lipinski definition) is 2. The lowest BCUT2D eigenvalue weighted by molar-refractivity contribution is -0.128. The van der Waals surface area contributed by atoms with E-state index >= 15 is 0 Å². The van der Waals surface area contributed by atoms with Crippen LogP contribution in [0.5, 0.6) is 0 Å². The van der Waals surface area contributed by atoms with Gasteiger partial charge in [0.1, 0.15) is 5.37 Å². The Morgan fingerprint density at radius 3 is 2.56 bits per heavy atom. The number of rotatable bonds is 4. The number of nitrogens with one attached hydrogen (secondary N) is 1. The molecule has 1 fully saturated rings. The van der Waals surface area contributed by atoms with Gasteiger partial charge >= 0.3 is 0 Å². The van der Waals surface area contributed by atoms with E-state index in [1.54, 1.807) is 16.7 Å². The van der Waals surface area contributed by atoms with Crippen molar-refractivity contribution in [2.45, 2.75) is 25.3 Å². The maximum absolute atomic E-state index is 11.8. The van der Waals surface area contributed by atoms with Gasteiger partial charge in [-0.15, -0.1) is 0 Å². The summed E-state index contributed by atoms with van der Waals surface area (Å²) in [4.78, 5) is 13.6. The van der Waals surface area contributed by atoms with Gasteiger partial charge in [0.2, 0.25) is 0 Å². The van der Waals surface area contributed by atoms with Gasteiger partial charge in [0.15, 0.2) is 9.84 Å². The molecule has 1 amide bonds. The van der Waals surface area contributed by atoms with Crippen LogP contribution in [0.1, 0.15) is 13.8 Å². The van der Waals surface area contributed by atoms with E-state index in [0.717, 1.165) is 5.75 Å². The number of nitrogens with two attached hydrogens (primary N) is 1. The van der Waals surface area contributed by atoms with E-state index in [0.29, 0.717) is 12.3 Å². The standard InChI is InChI=1S/C10H21N3O3S2/c1-7(2)9(10(14)12-11)13-4-5-17-6-8(13)18(3,15)16/h7-9H,4-6,11H2,1-3H3,(H,12,14). The lowest BCUT2D eigenvalue weighted by Crippen LogP contribution is -2.59. The number of sulfone groups is 1. The van der Waals surface area contributed by atoms with Crippen molar-refractivity contribution in [2.75, 3.05) is 24.3 Å². The molecule has 0 spiro atoms. The highest BCUT2D eigenvalue weighted by Crippen LogP contribution is 2.25. The topological polar surface area (TPSA) is 92.5 Å². The first-order valence-corrected chi connectivity index (χ1v) is 8.92. The average molecular weight is 295 g/mol. The van der Waals surface area contributed by atoms with Gasteiger partial charge in [-0.05, 0) is 5.92 Å². The molecule has 18 heavy (non-hydrogen) atoms. The molecule has 8 heteroatoms. The third-order valence-corrected chi connectivity index (χ3v) is 5.68. The van der Waals surface area contributed by atoms with Crippen LogP contribution in [-0.2, 0) is 14.6 Å². The summed E-state index contributed by atoms with van der Waals surface area (Å²) in [5.74, 6) is 6.19. The summed E-state index contributed by atoms with van der Waals surface area (Å²) in [7, 11) is -3.21. The van der Waals surface area contributed by atoms with Gasteiger partial charge in [0.05, 0.1) is 6.04 Å². The van der Waals surface area contributed by atoms with E-state index in [1.165, 1.54) is 6.26 Å². The molecule has 1 heterocycles. The Morgan fingerprint density at radius 2 is 2.11 bits per heavy atom. The fraction of sp³-hybridized carbons (Fsp3) is 0.900. The minimum absolute atomic E-state index is 0.000833. The van der Waals surface area contributed by atoms with E-state index < -0.39 is 21.3 Å². The third-order valence-electron chi connectivity index (χ3n) is 3.02. The van der Waals surface area contributed by atoms with E-state index in [2.05, 4.69) is 5.43 Å². The molecule has 0 aromatic carbocycles. The zero-order valence-corrected chi connectivity index (χ0v) is 12.6. The molecule has 2 atom stereocenters. The van der Waals surface area contributed by atoms with Gasteiger partial charge < -0.3 is 0 Å². The fourth-order valence-electron chi connectivity index (χ4n) is 2.20. The van der Waals surface area contributed by atoms with Crippen LogP contribution in [0.15, 0.2) is 0 Å². The normalized spacial score (nSPS) is 23.9. The molecule has 6 nitrogen and oxygen atoms in total. The maximum atomic E-state index is 11.8. The van der Waals surface area contributed by atoms with Crippen molar-refractivity contribution in [3.63, 3.8) is 0 Å². The van der Waals surface area contributed by atoms with Gasteiger partial charge in [0.25, 0.3) is 5.91 Å². The summed E-state index contributed by atoms with van der Waals surface area (Å²) < 4.78 is 23.6. The number of amides is 1. The lowest BCUT2D eigenvalue weighted by atomic mass is 10.0. The Bertz CT molecular complexity index is 397. The van der Waals surface area contributed by atoms with Crippen molar-refractivity contribution in [3.8, 4) is 0 Å². The van der Waals surface area contributed by atoms with Crippen molar-refractivity contribution >= 4 is 27.5 Å². The number of nitrogens with zero attached hydrogens (tertiary/aromatic N) is 1. The molecule has 0 aromatic rings. The zero-order valence-electron chi connectivity index (χ0n) is 10.9. The molecule has 0 aliphatic carbocycles. The second kappa shape index (κ2) is 6.23. The lowest BCUT2D eigenvalue weighted by Gasteiger charge is -2.40. The highest BCUT2D eigenvalue weighted by molar-refractivity contribution is 8.00. The maximum Gasteiger partial charge on any atom is 0.251 e. The van der Waals surface area contributed by atoms with Crippen molar-refractivity contribution in [1.82, 2.24) is 10.3 Å². The van der Waals surface area contributed by atoms with Gasteiger partial charge in [-0.2, -0.15) is 11.8 Å². The van der Waals surface area contributed by atoms with Gasteiger partial charge in [-0.25, -0.2) is 14.3 Å². The Labute approximate surface area is 113 Å². The van der Waals surface area contributed by atoms with Crippen LogP contribution in [0, 0.1) is 5.92 Å². The molecular weight excluding hydrogens is 274 g/mol. The molecule has 0 saturated carbocycles. The van der Waals surface area contributed by atoms with Crippen LogP contribution >= 0.6 is 11.8 Å². The van der Waals surface area contributed by atoms with Gasteiger partial charge in [-0.3, -0.25) is 15.1 Å². The summed E-state index contributed by atoms with van der Waals surface area (Å²) in [6, 6.07) is -0.504. The number of hydrogen-bond acceptors (Lipinski definition) is 6. The SMILES string of the molecule is CC(C)C(C(=O)NN)N1CCSCC1S(C)(=O)=O. The zero-order chi connectivity index (χ0) is 13.9. The number of thioether (sulfide) groups is 1. The summed E-state index contributed by atoms with van der Waals surface area (Å²) in [6.45, 7) is 4.36. The van der Waals surface area contributed by atoms with Crippen LogP contribution in [0.3, 0.4) is 0 Å². The van der Waals surface area contributed by atoms with Gasteiger partial charge in [-0.1, -0.05) is 13.8 Å². The monoisotopic (exact) mass is 295 g/mol. The van der Waals surface area contributed by atoms with Crippen LogP contribution in [0.25, 0.3) is 0 Å². The first-order valence-electron chi connectivity index (χ1n) is 5.82. The summed E-state index contributed by atoms with van der Waals surface area (Å²) >= 11 is 1.60. The first kappa shape index (κ1) is 15.7. The second-order valence-electron chi connectivity index (χ2n) is 4.79. The number of carbonyl (C=O) groups is 1. The molecule has 1 saturated heterocycles. The van der Waals surface area contributed by atoms with E-state index in [-0.39, 0.29) is 11.8 Å². The molecule has 3 N–H and O–H groups in total. The third kappa shape index (κ3) is 3.59. The molecule has 1 aliphatic rings. The quantitative estimate of drug-likeness (QED) is 0.409. The molecule has 2 unspecified atom stereocenters. The minimum atomic E-state index is -3.21. The molecule has 1 rings (SSSR count). The van der Waals surface area contributed by atoms with Crippen LogP contribution < -0.4 is 11.3 Å². The predicted octanol–water partition coefficient (Wildman–Crippen LogP) is -0.580. The van der Waals surface area contributed by atoms with Crippen molar-refractivity contribution in [2.24, 2.45) is 11.8 Å². The smallest absolute Gasteiger partial charge is 0.251 e. The van der Waals surface area contributed by atoms with Crippen LogP contribution in [0.4, 0.5) is 0 Å². The number of carbonyl (C=O) groups excluding carboxylic acids is 1. The molecule has 0 aromatic heterocycles. The van der Waals surface area contributed by atoms with E-state index in [4.69, 9.17) is 5.84 Å². The minimum Gasteiger partial charge on any atom is -0.293 e. The second-order valence-corrected chi connectivity index (χ2v) is 8.15. The summed E-state index contributed by atoms with van der Waals surface area (Å²) in [5, 5.41) is -0.610. The summed E-state index contributed by atoms with van der Waals surface area (Å²) in [6.07, 6.45) is 1.22. The Kier molecular flexibility index (Phi) is 5.45.